The van der Waals surface area contributed by atoms with Crippen LogP contribution in [0.15, 0.2) is 47.7 Å². The Bertz CT molecular complexity index is 843. The predicted molar refractivity (Wildman–Crippen MR) is 80.0 cm³/mol. The zero-order valence-corrected chi connectivity index (χ0v) is 11.9. The molecule has 3 aromatic rings. The fourth-order valence-electron chi connectivity index (χ4n) is 2.05. The van der Waals surface area contributed by atoms with Crippen LogP contribution in [-0.2, 0) is 6.54 Å². The van der Waals surface area contributed by atoms with Crippen LogP contribution >= 0.6 is 0 Å². The van der Waals surface area contributed by atoms with Crippen molar-refractivity contribution in [2.24, 2.45) is 0 Å². The number of nitrogens with one attached hydrogen (secondary N) is 2. The number of rotatable bonds is 4. The smallest absolute Gasteiger partial charge is 0.293 e. The Labute approximate surface area is 125 Å². The van der Waals surface area contributed by atoms with Crippen molar-refractivity contribution >= 4 is 11.6 Å². The maximum absolute atomic E-state index is 12.1. The number of hydrogen-bond acceptors (Lipinski definition) is 4. The minimum atomic E-state index is -0.318. The standard InChI is InChI=1S/C14H14N6O2/c1-2-19-13(15-9-16-19)14(22)17-10-3-5-11(6-4-10)20-8-7-12(21)18-20/h3-9H,2H2,1H3,(H,17,22)(H,18,21). The van der Waals surface area contributed by atoms with E-state index in [1.54, 1.807) is 35.1 Å². The van der Waals surface area contributed by atoms with E-state index in [0.717, 1.165) is 5.69 Å². The monoisotopic (exact) mass is 298 g/mol. The van der Waals surface area contributed by atoms with Gasteiger partial charge in [0.15, 0.2) is 0 Å². The number of benzene rings is 1. The average Bonchev–Trinajstić information content (AvgIpc) is 3.16. The van der Waals surface area contributed by atoms with Crippen LogP contribution in [-0.4, -0.2) is 30.5 Å². The van der Waals surface area contributed by atoms with Crippen molar-refractivity contribution in [1.82, 2.24) is 24.5 Å². The second kappa shape index (κ2) is 5.68. The van der Waals surface area contributed by atoms with Crippen LogP contribution in [0.4, 0.5) is 5.69 Å². The van der Waals surface area contributed by atoms with Gasteiger partial charge in [0.05, 0.1) is 5.69 Å². The van der Waals surface area contributed by atoms with Crippen LogP contribution < -0.4 is 10.9 Å². The quantitative estimate of drug-likeness (QED) is 0.751. The van der Waals surface area contributed by atoms with Crippen LogP contribution in [0.25, 0.3) is 5.69 Å². The molecule has 22 heavy (non-hydrogen) atoms. The number of anilines is 1. The molecular formula is C14H14N6O2. The van der Waals surface area contributed by atoms with E-state index in [9.17, 15) is 9.59 Å². The van der Waals surface area contributed by atoms with Crippen molar-refractivity contribution in [2.75, 3.05) is 5.32 Å². The first-order chi connectivity index (χ1) is 10.7. The Morgan fingerprint density at radius 2 is 2.05 bits per heavy atom. The summed E-state index contributed by atoms with van der Waals surface area (Å²) in [5.41, 5.74) is 1.25. The number of carbonyl (C=O) groups is 1. The molecule has 0 fully saturated rings. The van der Waals surface area contributed by atoms with Gasteiger partial charge in [-0.25, -0.2) is 9.67 Å². The topological polar surface area (TPSA) is 97.6 Å². The van der Waals surface area contributed by atoms with Crippen molar-refractivity contribution < 1.29 is 4.79 Å². The van der Waals surface area contributed by atoms with Crippen LogP contribution in [0.2, 0.25) is 0 Å². The van der Waals surface area contributed by atoms with E-state index in [-0.39, 0.29) is 17.3 Å². The van der Waals surface area contributed by atoms with Crippen molar-refractivity contribution in [3.05, 3.63) is 59.0 Å². The molecule has 1 amide bonds. The minimum absolute atomic E-state index is 0.170. The fourth-order valence-corrected chi connectivity index (χ4v) is 2.05. The van der Waals surface area contributed by atoms with E-state index >= 15 is 0 Å². The number of H-pyrrole nitrogens is 1. The first-order valence-corrected chi connectivity index (χ1v) is 6.74. The highest BCUT2D eigenvalue weighted by Crippen LogP contribution is 2.13. The Morgan fingerprint density at radius 1 is 1.27 bits per heavy atom. The van der Waals surface area contributed by atoms with Crippen molar-refractivity contribution in [2.45, 2.75) is 13.5 Å². The van der Waals surface area contributed by atoms with Gasteiger partial charge in [-0.3, -0.25) is 19.4 Å². The molecule has 0 aliphatic carbocycles. The highest BCUT2D eigenvalue weighted by molar-refractivity contribution is 6.01. The summed E-state index contributed by atoms with van der Waals surface area (Å²) in [4.78, 5) is 27.2. The Balaban J connectivity index is 1.76. The number of nitrogens with zero attached hydrogens (tertiary/aromatic N) is 4. The SMILES string of the molecule is CCn1ncnc1C(=O)Nc1ccc(-n2ccc(=O)[nH]2)cc1. The summed E-state index contributed by atoms with van der Waals surface area (Å²) in [7, 11) is 0. The van der Waals surface area contributed by atoms with E-state index in [4.69, 9.17) is 0 Å². The maximum Gasteiger partial charge on any atom is 0.293 e. The molecule has 112 valence electrons. The minimum Gasteiger partial charge on any atom is -0.319 e. The van der Waals surface area contributed by atoms with E-state index in [0.29, 0.717) is 12.2 Å². The molecule has 0 unspecified atom stereocenters. The molecule has 0 atom stereocenters. The van der Waals surface area contributed by atoms with Gasteiger partial charge in [-0.2, -0.15) is 5.10 Å². The summed E-state index contributed by atoms with van der Waals surface area (Å²) in [6.07, 6.45) is 2.99. The van der Waals surface area contributed by atoms with E-state index in [1.165, 1.54) is 17.1 Å². The molecular weight excluding hydrogens is 284 g/mol. The van der Waals surface area contributed by atoms with Gasteiger partial charge in [-0.1, -0.05) is 0 Å². The highest BCUT2D eigenvalue weighted by Gasteiger charge is 2.13. The molecule has 2 heterocycles. The van der Waals surface area contributed by atoms with Gasteiger partial charge in [0.25, 0.3) is 11.5 Å². The fraction of sp³-hybridized carbons (Fsp3) is 0.143. The largest absolute Gasteiger partial charge is 0.319 e. The number of hydrogen-bond donors (Lipinski definition) is 2. The molecule has 8 heteroatoms. The van der Waals surface area contributed by atoms with Crippen LogP contribution in [0.3, 0.4) is 0 Å². The number of aryl methyl sites for hydroxylation is 1. The van der Waals surface area contributed by atoms with Crippen LogP contribution in [0.5, 0.6) is 0 Å². The lowest BCUT2D eigenvalue weighted by atomic mass is 10.3. The van der Waals surface area contributed by atoms with Gasteiger partial charge in [-0.05, 0) is 31.2 Å². The summed E-state index contributed by atoms with van der Waals surface area (Å²) in [5.74, 6) is -0.0530. The van der Waals surface area contributed by atoms with Crippen LogP contribution in [0, 0.1) is 0 Å². The molecule has 0 saturated carbocycles. The van der Waals surface area contributed by atoms with Crippen LogP contribution in [0.1, 0.15) is 17.5 Å². The third kappa shape index (κ3) is 2.66. The number of carbonyl (C=O) groups excluding carboxylic acids is 1. The zero-order valence-electron chi connectivity index (χ0n) is 11.9. The molecule has 0 spiro atoms. The summed E-state index contributed by atoms with van der Waals surface area (Å²) in [6, 6.07) is 8.51. The lowest BCUT2D eigenvalue weighted by Gasteiger charge is -2.07. The normalized spacial score (nSPS) is 10.6. The van der Waals surface area contributed by atoms with E-state index in [2.05, 4.69) is 20.5 Å². The highest BCUT2D eigenvalue weighted by atomic mass is 16.2. The van der Waals surface area contributed by atoms with Gasteiger partial charge in [0.1, 0.15) is 6.33 Å². The van der Waals surface area contributed by atoms with E-state index < -0.39 is 0 Å². The van der Waals surface area contributed by atoms with Gasteiger partial charge in [0.2, 0.25) is 5.82 Å². The average molecular weight is 298 g/mol. The van der Waals surface area contributed by atoms with Crippen molar-refractivity contribution in [1.29, 1.82) is 0 Å². The maximum atomic E-state index is 12.1. The second-order valence-corrected chi connectivity index (χ2v) is 4.56. The molecule has 2 N–H and O–H groups in total. The second-order valence-electron chi connectivity index (χ2n) is 4.56. The third-order valence-corrected chi connectivity index (χ3v) is 3.13. The molecule has 2 aromatic heterocycles. The lowest BCUT2D eigenvalue weighted by Crippen LogP contribution is -2.18. The first-order valence-electron chi connectivity index (χ1n) is 6.74. The summed E-state index contributed by atoms with van der Waals surface area (Å²) in [6.45, 7) is 2.46. The predicted octanol–water partition coefficient (Wildman–Crippen LogP) is 1.03. The summed E-state index contributed by atoms with van der Waals surface area (Å²) in [5, 5.41) is 9.36. The molecule has 0 saturated heterocycles. The molecule has 0 bridgehead atoms. The zero-order chi connectivity index (χ0) is 15.5. The number of aromatic nitrogens is 5. The van der Waals surface area contributed by atoms with Gasteiger partial charge in [-0.15, -0.1) is 0 Å². The molecule has 8 nitrogen and oxygen atoms in total. The molecule has 0 radical (unpaired) electrons. The Morgan fingerprint density at radius 3 is 2.68 bits per heavy atom. The number of amides is 1. The van der Waals surface area contributed by atoms with Crippen molar-refractivity contribution in [3.63, 3.8) is 0 Å². The molecule has 0 aliphatic rings. The third-order valence-electron chi connectivity index (χ3n) is 3.13. The molecule has 0 aliphatic heterocycles. The Kier molecular flexibility index (Phi) is 3.57. The summed E-state index contributed by atoms with van der Waals surface area (Å²) >= 11 is 0. The van der Waals surface area contributed by atoms with Gasteiger partial charge in [0, 0.05) is 24.5 Å². The first kappa shape index (κ1) is 13.8. The number of aromatic amines is 1. The van der Waals surface area contributed by atoms with Gasteiger partial charge < -0.3 is 5.32 Å². The molecule has 3 rings (SSSR count). The molecule has 1 aromatic carbocycles. The lowest BCUT2D eigenvalue weighted by molar-refractivity contribution is 0.101. The van der Waals surface area contributed by atoms with E-state index in [1.807, 2.05) is 6.92 Å². The summed E-state index contributed by atoms with van der Waals surface area (Å²) < 4.78 is 3.12. The van der Waals surface area contributed by atoms with Gasteiger partial charge >= 0.3 is 0 Å². The van der Waals surface area contributed by atoms with Crippen molar-refractivity contribution in [3.8, 4) is 5.69 Å². The Hall–Kier alpha value is -3.16.